The number of rotatable bonds is 9. The first-order chi connectivity index (χ1) is 13.3. The van der Waals surface area contributed by atoms with Gasteiger partial charge in [0.1, 0.15) is 12.0 Å². The fourth-order valence-corrected chi connectivity index (χ4v) is 6.21. The van der Waals surface area contributed by atoms with Gasteiger partial charge in [-0.3, -0.25) is 14.7 Å². The quantitative estimate of drug-likeness (QED) is 0.132. The maximum atomic E-state index is 13.5. The van der Waals surface area contributed by atoms with Crippen molar-refractivity contribution in [1.82, 2.24) is 0 Å². The van der Waals surface area contributed by atoms with E-state index in [1.807, 2.05) is 6.92 Å². The van der Waals surface area contributed by atoms with Crippen molar-refractivity contribution in [1.29, 1.82) is 0 Å². The van der Waals surface area contributed by atoms with Crippen molar-refractivity contribution in [3.05, 3.63) is 62.6 Å². The molecule has 2 aromatic carbocycles. The van der Waals surface area contributed by atoms with E-state index in [-0.39, 0.29) is 11.4 Å². The van der Waals surface area contributed by atoms with Crippen molar-refractivity contribution in [2.75, 3.05) is 17.5 Å². The van der Waals surface area contributed by atoms with E-state index in [0.29, 0.717) is 21.5 Å². The lowest BCUT2D eigenvalue weighted by atomic mass is 10.3. The van der Waals surface area contributed by atoms with Crippen molar-refractivity contribution < 1.29 is 14.0 Å². The van der Waals surface area contributed by atoms with Crippen molar-refractivity contribution in [2.24, 2.45) is 4.99 Å². The third-order valence-corrected chi connectivity index (χ3v) is 8.96. The Bertz CT molecular complexity index is 929. The first-order valence-corrected chi connectivity index (χ1v) is 12.1. The van der Waals surface area contributed by atoms with Crippen molar-refractivity contribution in [3.8, 4) is 0 Å². The smallest absolute Gasteiger partial charge is 0.309 e. The number of benzene rings is 2. The minimum absolute atomic E-state index is 0.116. The SMILES string of the molecule is CCCSP(=O)(OC)N(C=Nc1ccc(Cl)c(Cl)c1)c1ccccc1[N+](=O)[O-]. The Morgan fingerprint density at radius 1 is 1.29 bits per heavy atom. The summed E-state index contributed by atoms with van der Waals surface area (Å²) in [6.45, 7) is -1.60. The topological polar surface area (TPSA) is 85.0 Å². The third-order valence-electron chi connectivity index (χ3n) is 3.50. The predicted molar refractivity (Wildman–Crippen MR) is 118 cm³/mol. The molecule has 0 aromatic heterocycles. The second-order valence-electron chi connectivity index (χ2n) is 5.42. The molecular formula is C17H18Cl2N3O4PS. The molecule has 0 aliphatic rings. The predicted octanol–water partition coefficient (Wildman–Crippen LogP) is 6.97. The molecule has 0 saturated heterocycles. The molecule has 1 unspecified atom stereocenters. The fraction of sp³-hybridized carbons (Fsp3) is 0.235. The normalized spacial score (nSPS) is 13.4. The second kappa shape index (κ2) is 10.3. The molecule has 0 amide bonds. The Labute approximate surface area is 177 Å². The number of para-hydroxylation sites is 2. The molecule has 28 heavy (non-hydrogen) atoms. The van der Waals surface area contributed by atoms with E-state index in [4.69, 9.17) is 27.7 Å². The summed E-state index contributed by atoms with van der Waals surface area (Å²) >= 11 is 13.0. The van der Waals surface area contributed by atoms with E-state index in [9.17, 15) is 14.7 Å². The Kier molecular flexibility index (Phi) is 8.34. The average Bonchev–Trinajstić information content (AvgIpc) is 2.69. The average molecular weight is 462 g/mol. The molecule has 7 nitrogen and oxygen atoms in total. The molecule has 0 spiro atoms. The number of nitro groups is 1. The highest BCUT2D eigenvalue weighted by molar-refractivity contribution is 8.57. The number of halogens is 2. The van der Waals surface area contributed by atoms with Crippen LogP contribution < -0.4 is 4.67 Å². The molecule has 150 valence electrons. The van der Waals surface area contributed by atoms with Gasteiger partial charge in [0, 0.05) is 18.9 Å². The Hall–Kier alpha value is -1.57. The van der Waals surface area contributed by atoms with Crippen LogP contribution in [0.15, 0.2) is 47.5 Å². The molecular weight excluding hydrogens is 444 g/mol. The molecule has 0 heterocycles. The highest BCUT2D eigenvalue weighted by Crippen LogP contribution is 2.63. The molecule has 0 fully saturated rings. The zero-order valence-electron chi connectivity index (χ0n) is 15.1. The zero-order valence-corrected chi connectivity index (χ0v) is 18.3. The van der Waals surface area contributed by atoms with Crippen molar-refractivity contribution in [3.63, 3.8) is 0 Å². The van der Waals surface area contributed by atoms with Crippen molar-refractivity contribution in [2.45, 2.75) is 13.3 Å². The fourth-order valence-electron chi connectivity index (χ4n) is 2.17. The number of hydrogen-bond acceptors (Lipinski definition) is 6. The minimum Gasteiger partial charge on any atom is -0.309 e. The molecule has 0 radical (unpaired) electrons. The van der Waals surface area contributed by atoms with Gasteiger partial charge in [-0.05, 0) is 42.1 Å². The van der Waals surface area contributed by atoms with Gasteiger partial charge in [-0.2, -0.15) is 0 Å². The van der Waals surface area contributed by atoms with Gasteiger partial charge in [-0.25, -0.2) is 9.66 Å². The molecule has 2 aromatic rings. The van der Waals surface area contributed by atoms with Crippen LogP contribution >= 0.6 is 41.3 Å². The van der Waals surface area contributed by atoms with Crippen LogP contribution in [-0.2, 0) is 9.09 Å². The molecule has 0 aliphatic heterocycles. The van der Waals surface area contributed by atoms with Gasteiger partial charge >= 0.3 is 6.72 Å². The summed E-state index contributed by atoms with van der Waals surface area (Å²) in [4.78, 5) is 15.2. The van der Waals surface area contributed by atoms with E-state index in [1.54, 1.807) is 18.2 Å². The molecule has 0 bridgehead atoms. The van der Waals surface area contributed by atoms with E-state index in [0.717, 1.165) is 17.8 Å². The number of hydrogen-bond donors (Lipinski definition) is 0. The van der Waals surface area contributed by atoms with E-state index in [1.165, 1.54) is 42.4 Å². The van der Waals surface area contributed by atoms with Crippen LogP contribution in [0.5, 0.6) is 0 Å². The van der Waals surface area contributed by atoms with Crippen LogP contribution in [0.2, 0.25) is 10.0 Å². The molecule has 0 saturated carbocycles. The zero-order chi connectivity index (χ0) is 20.7. The summed E-state index contributed by atoms with van der Waals surface area (Å²) in [7, 11) is 1.30. The summed E-state index contributed by atoms with van der Waals surface area (Å²) in [6.07, 6.45) is 2.02. The van der Waals surface area contributed by atoms with Gasteiger partial charge < -0.3 is 4.52 Å². The Balaban J connectivity index is 2.56. The number of anilines is 1. The van der Waals surface area contributed by atoms with Crippen LogP contribution in [-0.4, -0.2) is 24.1 Å². The standard InChI is InChI=1S/C17H18Cl2N3O4PS/c1-3-10-28-27(25,26-2)21(16-6-4-5-7-17(16)22(23)24)12-20-13-8-9-14(18)15(19)11-13/h4-9,11-12H,3,10H2,1-2H3. The minimum atomic E-state index is -3.54. The lowest BCUT2D eigenvalue weighted by Gasteiger charge is -2.27. The van der Waals surface area contributed by atoms with Gasteiger partial charge in [-0.1, -0.05) is 42.3 Å². The summed E-state index contributed by atoms with van der Waals surface area (Å²) in [6, 6.07) is 10.7. The molecule has 0 N–H and O–H groups in total. The first-order valence-electron chi connectivity index (χ1n) is 8.15. The summed E-state index contributed by atoms with van der Waals surface area (Å²) in [5.41, 5.74) is 0.351. The number of aliphatic imine (C=N–C) groups is 1. The van der Waals surface area contributed by atoms with Crippen LogP contribution in [0.25, 0.3) is 0 Å². The summed E-state index contributed by atoms with van der Waals surface area (Å²) in [5, 5.41) is 12.2. The molecule has 0 aliphatic carbocycles. The van der Waals surface area contributed by atoms with Gasteiger partial charge in [0.25, 0.3) is 5.69 Å². The van der Waals surface area contributed by atoms with Crippen LogP contribution in [0.4, 0.5) is 17.1 Å². The van der Waals surface area contributed by atoms with Crippen LogP contribution in [0, 0.1) is 10.1 Å². The molecule has 1 atom stereocenters. The van der Waals surface area contributed by atoms with Crippen LogP contribution in [0.3, 0.4) is 0 Å². The third kappa shape index (κ3) is 5.49. The van der Waals surface area contributed by atoms with Gasteiger partial charge in [0.15, 0.2) is 0 Å². The first kappa shape index (κ1) is 22.7. The van der Waals surface area contributed by atoms with E-state index in [2.05, 4.69) is 4.99 Å². The largest absolute Gasteiger partial charge is 0.358 e. The molecule has 11 heteroatoms. The van der Waals surface area contributed by atoms with Crippen molar-refractivity contribution >= 4 is 64.7 Å². The van der Waals surface area contributed by atoms with Crippen LogP contribution in [0.1, 0.15) is 13.3 Å². The number of nitro benzene ring substituents is 1. The lowest BCUT2D eigenvalue weighted by molar-refractivity contribution is -0.384. The highest BCUT2D eigenvalue weighted by atomic mass is 35.5. The lowest BCUT2D eigenvalue weighted by Crippen LogP contribution is -2.18. The Morgan fingerprint density at radius 3 is 2.61 bits per heavy atom. The number of nitrogens with zero attached hydrogens (tertiary/aromatic N) is 3. The Morgan fingerprint density at radius 2 is 2.00 bits per heavy atom. The van der Waals surface area contributed by atoms with E-state index < -0.39 is 11.6 Å². The summed E-state index contributed by atoms with van der Waals surface area (Å²) in [5.74, 6) is 0.545. The van der Waals surface area contributed by atoms with Gasteiger partial charge in [-0.15, -0.1) is 0 Å². The van der Waals surface area contributed by atoms with Gasteiger partial charge in [0.05, 0.1) is 20.7 Å². The molecule has 2 rings (SSSR count). The van der Waals surface area contributed by atoms with E-state index >= 15 is 0 Å². The maximum Gasteiger partial charge on any atom is 0.358 e. The summed E-state index contributed by atoms with van der Waals surface area (Å²) < 4.78 is 20.0. The maximum absolute atomic E-state index is 13.5. The second-order valence-corrected chi connectivity index (χ2v) is 10.8. The van der Waals surface area contributed by atoms with Gasteiger partial charge in [0.2, 0.25) is 0 Å². The monoisotopic (exact) mass is 461 g/mol. The highest BCUT2D eigenvalue weighted by Gasteiger charge is 2.34.